The third-order valence-electron chi connectivity index (χ3n) is 6.41. The van der Waals surface area contributed by atoms with E-state index in [1.807, 2.05) is 18.8 Å². The maximum Gasteiger partial charge on any atom is 0.432 e. The monoisotopic (exact) mass is 652 g/mol. The van der Waals surface area contributed by atoms with Crippen molar-refractivity contribution in [2.75, 3.05) is 0 Å². The molecule has 4 aromatic carbocycles. The Bertz CT molecular complexity index is 1840. The number of aryl methyl sites for hydroxylation is 1. The molecule has 0 aliphatic rings. The van der Waals surface area contributed by atoms with Gasteiger partial charge in [-0.15, -0.1) is 0 Å². The summed E-state index contributed by atoms with van der Waals surface area (Å²) in [5.74, 6) is -6.89. The van der Waals surface area contributed by atoms with E-state index in [1.54, 1.807) is 0 Å². The highest BCUT2D eigenvalue weighted by atomic mass is 19.3. The Labute approximate surface area is 255 Å². The van der Waals surface area contributed by atoms with E-state index in [0.29, 0.717) is 30.7 Å². The lowest BCUT2D eigenvalue weighted by Gasteiger charge is -2.20. The molecule has 0 atom stereocenters. The highest BCUT2D eigenvalue weighted by Gasteiger charge is 2.41. The fraction of sp³-hybridized carbons (Fsp3) is 0.176. The maximum absolute atomic E-state index is 14.7. The van der Waals surface area contributed by atoms with Crippen molar-refractivity contribution in [3.8, 4) is 29.4 Å². The minimum Gasteiger partial charge on any atom is -0.429 e. The zero-order valence-electron chi connectivity index (χ0n) is 23.5. The number of hydrogen-bond donors (Lipinski definition) is 0. The zero-order chi connectivity index (χ0) is 33.8. The van der Waals surface area contributed by atoms with E-state index in [0.717, 1.165) is 25.0 Å². The summed E-state index contributed by atoms with van der Waals surface area (Å²) in [6, 6.07) is 4.26. The average molecular weight is 653 g/mol. The molecule has 12 heteroatoms. The van der Waals surface area contributed by atoms with E-state index in [-0.39, 0.29) is 24.1 Å². The van der Waals surface area contributed by atoms with Crippen LogP contribution >= 0.6 is 0 Å². The summed E-state index contributed by atoms with van der Waals surface area (Å²) >= 11 is 0. The summed E-state index contributed by atoms with van der Waals surface area (Å²) in [6.07, 6.45) is -2.28. The molecule has 238 valence electrons. The van der Waals surface area contributed by atoms with Crippen LogP contribution in [0.25, 0.3) is 0 Å². The van der Waals surface area contributed by atoms with Crippen LogP contribution in [0.4, 0.5) is 48.3 Å². The topological polar surface area (TPSA) is 9.23 Å². The van der Waals surface area contributed by atoms with E-state index in [9.17, 15) is 48.3 Å². The molecule has 0 heterocycles. The molecule has 0 aliphatic carbocycles. The zero-order valence-corrected chi connectivity index (χ0v) is 23.5. The number of ether oxygens (including phenoxy) is 1. The van der Waals surface area contributed by atoms with Crippen LogP contribution in [0.2, 0.25) is 0 Å². The molecule has 0 aromatic heterocycles. The predicted molar refractivity (Wildman–Crippen MR) is 145 cm³/mol. The lowest BCUT2D eigenvalue weighted by Crippen LogP contribution is -2.25. The summed E-state index contributed by atoms with van der Waals surface area (Å²) in [5, 5.41) is 0. The Morgan fingerprint density at radius 3 is 1.43 bits per heavy atom. The molecule has 0 unspecified atom stereocenters. The van der Waals surface area contributed by atoms with Gasteiger partial charge in [0.25, 0.3) is 0 Å². The van der Waals surface area contributed by atoms with E-state index in [1.165, 1.54) is 0 Å². The summed E-state index contributed by atoms with van der Waals surface area (Å²) in [7, 11) is 0. The normalized spacial score (nSPS) is 11.0. The predicted octanol–water partition coefficient (Wildman–Crippen LogP) is 9.60. The number of hydrogen-bond acceptors (Lipinski definition) is 1. The van der Waals surface area contributed by atoms with Gasteiger partial charge < -0.3 is 4.74 Å². The Morgan fingerprint density at radius 2 is 0.978 bits per heavy atom. The first-order chi connectivity index (χ1) is 21.7. The molecule has 0 spiro atoms. The van der Waals surface area contributed by atoms with Gasteiger partial charge in [-0.3, -0.25) is 0 Å². The standard InChI is InChI=1S/C34H19F11O/c1-2-3-4-5-18-12-28(39)32(29(40)13-18)34(44,45)46-21-16-26(37)23(27(38)17-21)9-6-19-10-24(35)22(25(36)11-19)8-7-20-14-30(41)33(43)31(42)15-20/h10-17H,2-5H2,1H3. The van der Waals surface area contributed by atoms with Crippen molar-refractivity contribution in [1.29, 1.82) is 0 Å². The first-order valence-corrected chi connectivity index (χ1v) is 13.4. The van der Waals surface area contributed by atoms with E-state index < -0.39 is 92.0 Å². The maximum atomic E-state index is 14.7. The van der Waals surface area contributed by atoms with E-state index in [2.05, 4.69) is 16.6 Å². The third kappa shape index (κ3) is 7.81. The van der Waals surface area contributed by atoms with E-state index in [4.69, 9.17) is 0 Å². The number of halogens is 11. The van der Waals surface area contributed by atoms with Crippen LogP contribution in [0, 0.1) is 76.0 Å². The Hall–Kier alpha value is -4.97. The molecule has 0 saturated heterocycles. The van der Waals surface area contributed by atoms with Crippen molar-refractivity contribution in [1.82, 2.24) is 0 Å². The Morgan fingerprint density at radius 1 is 0.543 bits per heavy atom. The second kappa shape index (κ2) is 14.0. The molecule has 0 amide bonds. The van der Waals surface area contributed by atoms with Crippen LogP contribution in [0.5, 0.6) is 5.75 Å². The molecule has 1 nitrogen and oxygen atoms in total. The summed E-state index contributed by atoms with van der Waals surface area (Å²) in [5.41, 5.74) is -4.38. The number of benzene rings is 4. The second-order valence-corrected chi connectivity index (χ2v) is 9.84. The highest BCUT2D eigenvalue weighted by molar-refractivity contribution is 5.50. The van der Waals surface area contributed by atoms with E-state index >= 15 is 0 Å². The quantitative estimate of drug-likeness (QED) is 0.0837. The lowest BCUT2D eigenvalue weighted by molar-refractivity contribution is -0.189. The molecule has 0 aliphatic heterocycles. The summed E-state index contributed by atoms with van der Waals surface area (Å²) in [6.45, 7) is 1.91. The summed E-state index contributed by atoms with van der Waals surface area (Å²) in [4.78, 5) is 0. The van der Waals surface area contributed by atoms with Crippen molar-refractivity contribution in [3.63, 3.8) is 0 Å². The molecule has 0 N–H and O–H groups in total. The van der Waals surface area contributed by atoms with Crippen LogP contribution in [0.3, 0.4) is 0 Å². The Balaban J connectivity index is 1.55. The molecule has 0 radical (unpaired) electrons. The van der Waals surface area contributed by atoms with Gasteiger partial charge in [0.1, 0.15) is 46.2 Å². The number of rotatable bonds is 7. The second-order valence-electron chi connectivity index (χ2n) is 9.84. The first kappa shape index (κ1) is 33.9. The van der Waals surface area contributed by atoms with Gasteiger partial charge in [-0.05, 0) is 54.8 Å². The molecule has 0 fully saturated rings. The average Bonchev–Trinajstić information content (AvgIpc) is 2.94. The van der Waals surface area contributed by atoms with Crippen molar-refractivity contribution < 1.29 is 53.0 Å². The molecule has 4 rings (SSSR count). The van der Waals surface area contributed by atoms with Gasteiger partial charge in [-0.25, -0.2) is 39.5 Å². The van der Waals surface area contributed by atoms with Gasteiger partial charge in [0, 0.05) is 23.3 Å². The fourth-order valence-electron chi connectivity index (χ4n) is 4.22. The molecular weight excluding hydrogens is 633 g/mol. The van der Waals surface area contributed by atoms with Crippen molar-refractivity contribution >= 4 is 0 Å². The minimum atomic E-state index is -4.68. The highest BCUT2D eigenvalue weighted by Crippen LogP contribution is 2.36. The lowest BCUT2D eigenvalue weighted by atomic mass is 10.0. The van der Waals surface area contributed by atoms with Gasteiger partial charge >= 0.3 is 6.11 Å². The smallest absolute Gasteiger partial charge is 0.429 e. The third-order valence-corrected chi connectivity index (χ3v) is 6.41. The van der Waals surface area contributed by atoms with Crippen LogP contribution in [0.1, 0.15) is 59.6 Å². The molecule has 46 heavy (non-hydrogen) atoms. The molecular formula is C34H19F11O. The molecule has 0 bridgehead atoms. The van der Waals surface area contributed by atoms with Gasteiger partial charge in [0.05, 0.1) is 11.1 Å². The number of alkyl halides is 2. The van der Waals surface area contributed by atoms with Crippen LogP contribution < -0.4 is 4.74 Å². The minimum absolute atomic E-state index is 0.142. The van der Waals surface area contributed by atoms with Gasteiger partial charge in [0.2, 0.25) is 0 Å². The van der Waals surface area contributed by atoms with Crippen molar-refractivity contribution in [2.24, 2.45) is 0 Å². The fourth-order valence-corrected chi connectivity index (χ4v) is 4.22. The van der Waals surface area contributed by atoms with Crippen molar-refractivity contribution in [2.45, 2.75) is 38.7 Å². The first-order valence-electron chi connectivity index (χ1n) is 13.4. The van der Waals surface area contributed by atoms with Crippen molar-refractivity contribution in [3.05, 3.63) is 134 Å². The largest absolute Gasteiger partial charge is 0.432 e. The van der Waals surface area contributed by atoms with Crippen LogP contribution in [-0.4, -0.2) is 0 Å². The number of unbranched alkanes of at least 4 members (excludes halogenated alkanes) is 2. The van der Waals surface area contributed by atoms with Crippen LogP contribution in [-0.2, 0) is 12.5 Å². The van der Waals surface area contributed by atoms with Crippen LogP contribution in [0.15, 0.2) is 48.5 Å². The van der Waals surface area contributed by atoms with Gasteiger partial charge in [-0.1, -0.05) is 43.4 Å². The summed E-state index contributed by atoms with van der Waals surface area (Å²) < 4.78 is 161. The van der Waals surface area contributed by atoms with Gasteiger partial charge in [0.15, 0.2) is 17.5 Å². The Kier molecular flexibility index (Phi) is 10.3. The molecule has 0 saturated carbocycles. The SMILES string of the molecule is CCCCCc1cc(F)c(C(F)(F)Oc2cc(F)c(C#Cc3cc(F)c(C#Cc4cc(F)c(F)c(F)c4)c(F)c3)c(F)c2)c(F)c1. The van der Waals surface area contributed by atoms with Gasteiger partial charge in [-0.2, -0.15) is 8.78 Å². The molecule has 4 aromatic rings.